The molecular formula is C24H29N3O4. The lowest BCUT2D eigenvalue weighted by Crippen LogP contribution is -2.32. The van der Waals surface area contributed by atoms with Crippen molar-refractivity contribution in [3.8, 4) is 5.75 Å². The molecule has 0 bridgehead atoms. The molecule has 7 nitrogen and oxygen atoms in total. The molecule has 2 amide bonds. The summed E-state index contributed by atoms with van der Waals surface area (Å²) < 4.78 is 4.98. The topological polar surface area (TPSA) is 87.7 Å². The van der Waals surface area contributed by atoms with Crippen LogP contribution < -0.4 is 15.4 Å². The van der Waals surface area contributed by atoms with Gasteiger partial charge in [-0.1, -0.05) is 12.5 Å². The Morgan fingerprint density at radius 2 is 1.68 bits per heavy atom. The molecule has 1 saturated heterocycles. The van der Waals surface area contributed by atoms with Crippen molar-refractivity contribution in [2.75, 3.05) is 30.3 Å². The lowest BCUT2D eigenvalue weighted by molar-refractivity contribution is -0.131. The number of likely N-dealkylation sites (tertiary alicyclic amines) is 1. The molecule has 7 heteroatoms. The Balaban J connectivity index is 1.57. The van der Waals surface area contributed by atoms with E-state index in [9.17, 15) is 14.4 Å². The number of hydrogen-bond donors (Lipinski definition) is 2. The quantitative estimate of drug-likeness (QED) is 0.519. The summed E-state index contributed by atoms with van der Waals surface area (Å²) in [7, 11) is 0. The van der Waals surface area contributed by atoms with Crippen LogP contribution in [0, 0.1) is 6.92 Å². The summed E-state index contributed by atoms with van der Waals surface area (Å²) in [6.07, 6.45) is 4.13. The molecule has 164 valence electrons. The van der Waals surface area contributed by atoms with Gasteiger partial charge in [-0.2, -0.15) is 0 Å². The molecule has 2 aromatic carbocycles. The maximum absolute atomic E-state index is 12.6. The smallest absolute Gasteiger partial charge is 0.308 e. The second-order valence-corrected chi connectivity index (χ2v) is 7.80. The van der Waals surface area contributed by atoms with E-state index >= 15 is 0 Å². The van der Waals surface area contributed by atoms with Crippen LogP contribution in [-0.4, -0.2) is 42.3 Å². The Hall–Kier alpha value is -3.19. The zero-order valence-corrected chi connectivity index (χ0v) is 18.1. The van der Waals surface area contributed by atoms with Crippen molar-refractivity contribution in [1.82, 2.24) is 4.90 Å². The third-order valence-corrected chi connectivity index (χ3v) is 5.25. The van der Waals surface area contributed by atoms with Gasteiger partial charge in [0.1, 0.15) is 5.75 Å². The molecule has 2 aromatic rings. The minimum atomic E-state index is -0.414. The molecule has 0 unspecified atom stereocenters. The fraction of sp³-hybridized carbons (Fsp3) is 0.375. The van der Waals surface area contributed by atoms with Crippen molar-refractivity contribution < 1.29 is 19.1 Å². The fourth-order valence-electron chi connectivity index (χ4n) is 3.54. The summed E-state index contributed by atoms with van der Waals surface area (Å²) in [5, 5.41) is 5.80. The van der Waals surface area contributed by atoms with Crippen molar-refractivity contribution in [1.29, 1.82) is 0 Å². The summed E-state index contributed by atoms with van der Waals surface area (Å²) in [5.74, 6) is -0.351. The van der Waals surface area contributed by atoms with Crippen molar-refractivity contribution in [2.24, 2.45) is 0 Å². The number of carbonyl (C=O) groups is 3. The van der Waals surface area contributed by atoms with Crippen molar-refractivity contribution in [3.05, 3.63) is 53.6 Å². The Labute approximate surface area is 182 Å². The van der Waals surface area contributed by atoms with Gasteiger partial charge >= 0.3 is 5.97 Å². The first-order valence-corrected chi connectivity index (χ1v) is 10.6. The number of rotatable bonds is 7. The van der Waals surface area contributed by atoms with Gasteiger partial charge in [0.15, 0.2) is 0 Å². The van der Waals surface area contributed by atoms with E-state index in [1.165, 1.54) is 26.2 Å². The standard InChI is InChI=1S/C24H29N3O4/c1-17-6-9-20(25-23(29)12-15-27-13-4-3-5-14-27)16-22(17)26-24(30)19-7-10-21(11-8-19)31-18(2)28/h6-11,16H,3-5,12-15H2,1-2H3,(H,25,29)(H,26,30). The predicted molar refractivity (Wildman–Crippen MR) is 120 cm³/mol. The van der Waals surface area contributed by atoms with Gasteiger partial charge in [0.25, 0.3) is 5.91 Å². The third kappa shape index (κ3) is 6.93. The lowest BCUT2D eigenvalue weighted by atomic mass is 10.1. The van der Waals surface area contributed by atoms with Gasteiger partial charge in [0.2, 0.25) is 5.91 Å². The largest absolute Gasteiger partial charge is 0.427 e. The van der Waals surface area contributed by atoms with Crippen molar-refractivity contribution in [3.63, 3.8) is 0 Å². The minimum Gasteiger partial charge on any atom is -0.427 e. The van der Waals surface area contributed by atoms with Crippen LogP contribution in [0.15, 0.2) is 42.5 Å². The van der Waals surface area contributed by atoms with Crippen LogP contribution in [0.3, 0.4) is 0 Å². The molecule has 1 heterocycles. The van der Waals surface area contributed by atoms with E-state index in [2.05, 4.69) is 15.5 Å². The molecule has 3 rings (SSSR count). The fourth-order valence-corrected chi connectivity index (χ4v) is 3.54. The Kier molecular flexibility index (Phi) is 7.78. The molecule has 1 aliphatic rings. The van der Waals surface area contributed by atoms with E-state index in [1.54, 1.807) is 30.3 Å². The summed E-state index contributed by atoms with van der Waals surface area (Å²) in [6.45, 7) is 6.11. The Morgan fingerprint density at radius 3 is 2.35 bits per heavy atom. The van der Waals surface area contributed by atoms with E-state index in [4.69, 9.17) is 4.74 Å². The van der Waals surface area contributed by atoms with E-state index in [-0.39, 0.29) is 11.8 Å². The number of piperidine rings is 1. The number of carbonyl (C=O) groups excluding carboxylic acids is 3. The molecule has 0 radical (unpaired) electrons. The Morgan fingerprint density at radius 1 is 0.968 bits per heavy atom. The van der Waals surface area contributed by atoms with Crippen molar-refractivity contribution in [2.45, 2.75) is 39.5 Å². The van der Waals surface area contributed by atoms with Gasteiger partial charge < -0.3 is 20.3 Å². The maximum atomic E-state index is 12.6. The zero-order valence-electron chi connectivity index (χ0n) is 18.1. The van der Waals surface area contributed by atoms with Crippen LogP contribution in [0.25, 0.3) is 0 Å². The second kappa shape index (κ2) is 10.7. The first-order chi connectivity index (χ1) is 14.9. The molecule has 0 saturated carbocycles. The highest BCUT2D eigenvalue weighted by atomic mass is 16.5. The molecule has 0 spiro atoms. The van der Waals surface area contributed by atoms with Crippen LogP contribution in [0.5, 0.6) is 5.75 Å². The minimum absolute atomic E-state index is 0.0345. The summed E-state index contributed by atoms with van der Waals surface area (Å²) >= 11 is 0. The van der Waals surface area contributed by atoms with Gasteiger partial charge in [-0.3, -0.25) is 14.4 Å². The number of hydrogen-bond acceptors (Lipinski definition) is 5. The molecule has 31 heavy (non-hydrogen) atoms. The van der Waals surface area contributed by atoms with Gasteiger partial charge in [-0.25, -0.2) is 0 Å². The predicted octanol–water partition coefficient (Wildman–Crippen LogP) is 3.99. The first-order valence-electron chi connectivity index (χ1n) is 10.6. The first kappa shape index (κ1) is 22.5. The second-order valence-electron chi connectivity index (χ2n) is 7.80. The zero-order chi connectivity index (χ0) is 22.2. The van der Waals surface area contributed by atoms with Gasteiger partial charge in [-0.05, 0) is 74.8 Å². The normalized spacial score (nSPS) is 14.0. The molecule has 0 atom stereocenters. The SMILES string of the molecule is CC(=O)Oc1ccc(C(=O)Nc2cc(NC(=O)CCN3CCCCC3)ccc2C)cc1. The number of amides is 2. The van der Waals surface area contributed by atoms with Crippen LogP contribution in [0.1, 0.15) is 48.5 Å². The maximum Gasteiger partial charge on any atom is 0.308 e. The molecule has 2 N–H and O–H groups in total. The number of aryl methyl sites for hydroxylation is 1. The van der Waals surface area contributed by atoms with E-state index in [1.807, 2.05) is 19.1 Å². The van der Waals surface area contributed by atoms with Gasteiger partial charge in [0.05, 0.1) is 0 Å². The van der Waals surface area contributed by atoms with Crippen LogP contribution in [0.4, 0.5) is 11.4 Å². The molecular weight excluding hydrogens is 394 g/mol. The highest BCUT2D eigenvalue weighted by Gasteiger charge is 2.13. The summed E-state index contributed by atoms with van der Waals surface area (Å²) in [5.41, 5.74) is 2.60. The van der Waals surface area contributed by atoms with E-state index in [0.29, 0.717) is 29.1 Å². The highest BCUT2D eigenvalue weighted by molar-refractivity contribution is 6.05. The Bertz CT molecular complexity index is 934. The summed E-state index contributed by atoms with van der Waals surface area (Å²) in [4.78, 5) is 38.3. The number of ether oxygens (including phenoxy) is 1. The average Bonchev–Trinajstić information content (AvgIpc) is 2.75. The van der Waals surface area contributed by atoms with E-state index in [0.717, 1.165) is 25.2 Å². The number of nitrogens with zero attached hydrogens (tertiary/aromatic N) is 1. The third-order valence-electron chi connectivity index (χ3n) is 5.25. The van der Waals surface area contributed by atoms with Gasteiger partial charge in [0, 0.05) is 36.8 Å². The van der Waals surface area contributed by atoms with Gasteiger partial charge in [-0.15, -0.1) is 0 Å². The lowest BCUT2D eigenvalue weighted by Gasteiger charge is -2.25. The summed E-state index contributed by atoms with van der Waals surface area (Å²) in [6, 6.07) is 11.8. The monoisotopic (exact) mass is 423 g/mol. The van der Waals surface area contributed by atoms with Crippen molar-refractivity contribution >= 4 is 29.2 Å². The number of esters is 1. The molecule has 0 aliphatic carbocycles. The molecule has 0 aromatic heterocycles. The average molecular weight is 424 g/mol. The number of benzene rings is 2. The number of anilines is 2. The highest BCUT2D eigenvalue weighted by Crippen LogP contribution is 2.22. The molecule has 1 aliphatic heterocycles. The van der Waals surface area contributed by atoms with E-state index < -0.39 is 5.97 Å². The van der Waals surface area contributed by atoms with Crippen LogP contribution in [0.2, 0.25) is 0 Å². The molecule has 1 fully saturated rings. The van der Waals surface area contributed by atoms with Crippen LogP contribution >= 0.6 is 0 Å². The van der Waals surface area contributed by atoms with Crippen LogP contribution in [-0.2, 0) is 9.59 Å². The number of nitrogens with one attached hydrogen (secondary N) is 2.